The van der Waals surface area contributed by atoms with Gasteiger partial charge in [0.05, 0.1) is 0 Å². The summed E-state index contributed by atoms with van der Waals surface area (Å²) in [5.74, 6) is 0. The van der Waals surface area contributed by atoms with Gasteiger partial charge in [-0.05, 0) is 18.1 Å². The van der Waals surface area contributed by atoms with Gasteiger partial charge in [-0.2, -0.15) is 5.10 Å². The van der Waals surface area contributed by atoms with Crippen LogP contribution in [0.15, 0.2) is 42.6 Å². The zero-order valence-electron chi connectivity index (χ0n) is 11.0. The quantitative estimate of drug-likeness (QED) is 0.857. The summed E-state index contributed by atoms with van der Waals surface area (Å²) in [7, 11) is 0. The third kappa shape index (κ3) is 3.43. The number of benzene rings is 1. The van der Waals surface area contributed by atoms with Crippen LogP contribution in [0.4, 0.5) is 0 Å². The molecule has 1 atom stereocenters. The maximum Gasteiger partial charge on any atom is 0.0490 e. The molecule has 100 valence electrons. The SMILES string of the molecule is c1ccc(CN2CCC(NCc3ccn[nH]3)C2)cc1. The maximum absolute atomic E-state index is 3.96. The van der Waals surface area contributed by atoms with E-state index in [1.165, 1.54) is 18.5 Å². The van der Waals surface area contributed by atoms with Crippen LogP contribution in [0.3, 0.4) is 0 Å². The second kappa shape index (κ2) is 5.99. The number of hydrogen-bond donors (Lipinski definition) is 2. The Morgan fingerprint density at radius 3 is 2.95 bits per heavy atom. The van der Waals surface area contributed by atoms with E-state index in [2.05, 4.69) is 50.7 Å². The molecule has 1 saturated heterocycles. The molecule has 0 aliphatic carbocycles. The van der Waals surface area contributed by atoms with Crippen molar-refractivity contribution in [2.75, 3.05) is 13.1 Å². The summed E-state index contributed by atoms with van der Waals surface area (Å²) in [6.45, 7) is 4.24. The third-order valence-corrected chi connectivity index (χ3v) is 3.66. The Bertz CT molecular complexity index is 480. The van der Waals surface area contributed by atoms with Crippen molar-refractivity contribution in [3.63, 3.8) is 0 Å². The van der Waals surface area contributed by atoms with Gasteiger partial charge in [0.1, 0.15) is 0 Å². The van der Waals surface area contributed by atoms with Crippen LogP contribution in [-0.4, -0.2) is 34.2 Å². The van der Waals surface area contributed by atoms with E-state index in [-0.39, 0.29) is 0 Å². The van der Waals surface area contributed by atoms with Gasteiger partial charge < -0.3 is 5.32 Å². The molecule has 4 heteroatoms. The summed E-state index contributed by atoms with van der Waals surface area (Å²) in [5, 5.41) is 10.5. The van der Waals surface area contributed by atoms with Crippen molar-refractivity contribution in [2.24, 2.45) is 0 Å². The molecule has 1 aromatic carbocycles. The second-order valence-corrected chi connectivity index (χ2v) is 5.17. The highest BCUT2D eigenvalue weighted by molar-refractivity contribution is 5.14. The first-order chi connectivity index (χ1) is 9.40. The van der Waals surface area contributed by atoms with E-state index in [0.29, 0.717) is 6.04 Å². The fourth-order valence-electron chi connectivity index (χ4n) is 2.62. The minimum absolute atomic E-state index is 0.590. The maximum atomic E-state index is 3.96. The van der Waals surface area contributed by atoms with Crippen LogP contribution in [0, 0.1) is 0 Å². The van der Waals surface area contributed by atoms with Gasteiger partial charge in [0.2, 0.25) is 0 Å². The van der Waals surface area contributed by atoms with Crippen molar-refractivity contribution in [2.45, 2.75) is 25.6 Å². The number of nitrogens with one attached hydrogen (secondary N) is 2. The van der Waals surface area contributed by atoms with Gasteiger partial charge in [-0.15, -0.1) is 0 Å². The number of rotatable bonds is 5. The smallest absolute Gasteiger partial charge is 0.0490 e. The van der Waals surface area contributed by atoms with E-state index < -0.39 is 0 Å². The lowest BCUT2D eigenvalue weighted by atomic mass is 10.2. The van der Waals surface area contributed by atoms with Crippen LogP contribution in [0.1, 0.15) is 17.7 Å². The molecule has 1 aromatic heterocycles. The minimum Gasteiger partial charge on any atom is -0.307 e. The van der Waals surface area contributed by atoms with E-state index >= 15 is 0 Å². The van der Waals surface area contributed by atoms with E-state index in [9.17, 15) is 0 Å². The second-order valence-electron chi connectivity index (χ2n) is 5.17. The lowest BCUT2D eigenvalue weighted by molar-refractivity contribution is 0.319. The Hall–Kier alpha value is -1.65. The highest BCUT2D eigenvalue weighted by Crippen LogP contribution is 2.13. The predicted molar refractivity (Wildman–Crippen MR) is 75.6 cm³/mol. The van der Waals surface area contributed by atoms with Crippen LogP contribution >= 0.6 is 0 Å². The van der Waals surface area contributed by atoms with Gasteiger partial charge in [0, 0.05) is 44.1 Å². The standard InChI is InChI=1S/C15H20N4/c1-2-4-13(5-3-1)11-19-9-7-15(12-19)16-10-14-6-8-17-18-14/h1-6,8,15-16H,7,9-12H2,(H,17,18). The van der Waals surface area contributed by atoms with Gasteiger partial charge in [-0.3, -0.25) is 10.00 Å². The molecule has 2 heterocycles. The van der Waals surface area contributed by atoms with Gasteiger partial charge in [0.15, 0.2) is 0 Å². The predicted octanol–water partition coefficient (Wildman–Crippen LogP) is 1.77. The largest absolute Gasteiger partial charge is 0.307 e. The van der Waals surface area contributed by atoms with Crippen molar-refractivity contribution < 1.29 is 0 Å². The Kier molecular flexibility index (Phi) is 3.91. The summed E-state index contributed by atoms with van der Waals surface area (Å²) in [5.41, 5.74) is 2.55. The van der Waals surface area contributed by atoms with Crippen molar-refractivity contribution in [3.05, 3.63) is 53.9 Å². The third-order valence-electron chi connectivity index (χ3n) is 3.66. The lowest BCUT2D eigenvalue weighted by Gasteiger charge is -2.16. The lowest BCUT2D eigenvalue weighted by Crippen LogP contribution is -2.32. The number of aromatic nitrogens is 2. The molecule has 2 N–H and O–H groups in total. The van der Waals surface area contributed by atoms with Crippen LogP contribution in [0.25, 0.3) is 0 Å². The first-order valence-electron chi connectivity index (χ1n) is 6.88. The van der Waals surface area contributed by atoms with Gasteiger partial charge in [-0.25, -0.2) is 0 Å². The first-order valence-corrected chi connectivity index (χ1v) is 6.88. The number of likely N-dealkylation sites (tertiary alicyclic amines) is 1. The molecule has 0 bridgehead atoms. The Morgan fingerprint density at radius 2 is 2.16 bits per heavy atom. The Labute approximate surface area is 113 Å². The molecule has 2 aromatic rings. The zero-order chi connectivity index (χ0) is 12.9. The fraction of sp³-hybridized carbons (Fsp3) is 0.400. The van der Waals surface area contributed by atoms with Crippen LogP contribution in [-0.2, 0) is 13.1 Å². The van der Waals surface area contributed by atoms with Gasteiger partial charge in [-0.1, -0.05) is 30.3 Å². The first kappa shape index (κ1) is 12.4. The summed E-state index contributed by atoms with van der Waals surface area (Å²) in [6.07, 6.45) is 3.02. The molecule has 0 radical (unpaired) electrons. The van der Waals surface area contributed by atoms with E-state index in [0.717, 1.165) is 25.3 Å². The average molecular weight is 256 g/mol. The van der Waals surface area contributed by atoms with Gasteiger partial charge in [0.25, 0.3) is 0 Å². The monoisotopic (exact) mass is 256 g/mol. The molecule has 1 unspecified atom stereocenters. The van der Waals surface area contributed by atoms with Crippen LogP contribution in [0.2, 0.25) is 0 Å². The number of aromatic amines is 1. The molecule has 4 nitrogen and oxygen atoms in total. The summed E-state index contributed by atoms with van der Waals surface area (Å²) in [4.78, 5) is 2.51. The number of nitrogens with zero attached hydrogens (tertiary/aromatic N) is 2. The van der Waals surface area contributed by atoms with Crippen molar-refractivity contribution in [1.29, 1.82) is 0 Å². The molecular formula is C15H20N4. The highest BCUT2D eigenvalue weighted by Gasteiger charge is 2.21. The fourth-order valence-corrected chi connectivity index (χ4v) is 2.62. The summed E-state index contributed by atoms with van der Waals surface area (Å²) >= 11 is 0. The summed E-state index contributed by atoms with van der Waals surface area (Å²) in [6, 6.07) is 13.3. The molecule has 19 heavy (non-hydrogen) atoms. The normalized spacial score (nSPS) is 19.9. The van der Waals surface area contributed by atoms with Crippen molar-refractivity contribution in [1.82, 2.24) is 20.4 Å². The highest BCUT2D eigenvalue weighted by atomic mass is 15.2. The number of hydrogen-bond acceptors (Lipinski definition) is 3. The average Bonchev–Trinajstić information content (AvgIpc) is 3.09. The topological polar surface area (TPSA) is 44.0 Å². The van der Waals surface area contributed by atoms with Crippen molar-refractivity contribution in [3.8, 4) is 0 Å². The van der Waals surface area contributed by atoms with Crippen molar-refractivity contribution >= 4 is 0 Å². The van der Waals surface area contributed by atoms with E-state index in [4.69, 9.17) is 0 Å². The molecule has 1 fully saturated rings. The number of H-pyrrole nitrogens is 1. The molecular weight excluding hydrogens is 236 g/mol. The molecule has 3 rings (SSSR count). The molecule has 0 spiro atoms. The summed E-state index contributed by atoms with van der Waals surface area (Å²) < 4.78 is 0. The molecule has 1 aliphatic rings. The van der Waals surface area contributed by atoms with Crippen LogP contribution < -0.4 is 5.32 Å². The Morgan fingerprint density at radius 1 is 1.26 bits per heavy atom. The molecule has 0 saturated carbocycles. The zero-order valence-corrected chi connectivity index (χ0v) is 11.0. The van der Waals surface area contributed by atoms with Crippen LogP contribution in [0.5, 0.6) is 0 Å². The van der Waals surface area contributed by atoms with Gasteiger partial charge >= 0.3 is 0 Å². The molecule has 0 amide bonds. The minimum atomic E-state index is 0.590. The molecule has 1 aliphatic heterocycles. The van der Waals surface area contributed by atoms with E-state index in [1.54, 1.807) is 6.20 Å². The van der Waals surface area contributed by atoms with E-state index in [1.807, 2.05) is 6.07 Å². The Balaban J connectivity index is 1.45.